The average molecular weight is 233 g/mol. The maximum atomic E-state index is 11.1. The normalized spacial score (nSPS) is 16.5. The van der Waals surface area contributed by atoms with Crippen molar-refractivity contribution in [3.8, 4) is 0 Å². The third-order valence-corrected chi connectivity index (χ3v) is 3.17. The molecule has 0 aliphatic heterocycles. The molecule has 17 heavy (non-hydrogen) atoms. The van der Waals surface area contributed by atoms with Crippen LogP contribution in [0.5, 0.6) is 0 Å². The molecule has 0 bridgehead atoms. The summed E-state index contributed by atoms with van der Waals surface area (Å²) >= 11 is 0. The molecule has 0 heterocycles. The van der Waals surface area contributed by atoms with Crippen LogP contribution >= 0.6 is 0 Å². The number of carboxylic acids is 1. The molecule has 2 N–H and O–H groups in total. The number of aliphatic carboxylic acids is 1. The molecule has 1 aromatic carbocycles. The first kappa shape index (κ1) is 12.0. The standard InChI is InChI=1S/C14H19NO2/c1-2-3-10-4-8-12(9-5-10)15-13(14(16)17)11-6-7-11/h4-5,8-9,11,13,15H,2-3,6-7H2,1H3,(H,16,17). The van der Waals surface area contributed by atoms with E-state index in [2.05, 4.69) is 24.4 Å². The number of hydrogen-bond acceptors (Lipinski definition) is 2. The van der Waals surface area contributed by atoms with E-state index < -0.39 is 12.0 Å². The molecule has 0 radical (unpaired) electrons. The lowest BCUT2D eigenvalue weighted by Crippen LogP contribution is -2.31. The maximum absolute atomic E-state index is 11.1. The zero-order valence-electron chi connectivity index (χ0n) is 10.1. The predicted octanol–water partition coefficient (Wildman–Crippen LogP) is 2.91. The van der Waals surface area contributed by atoms with Crippen LogP contribution in [0, 0.1) is 5.92 Å². The van der Waals surface area contributed by atoms with E-state index in [1.54, 1.807) is 0 Å². The van der Waals surface area contributed by atoms with Crippen LogP contribution in [-0.2, 0) is 11.2 Å². The summed E-state index contributed by atoms with van der Waals surface area (Å²) in [7, 11) is 0. The molecule has 0 saturated heterocycles. The fourth-order valence-corrected chi connectivity index (χ4v) is 2.05. The summed E-state index contributed by atoms with van der Waals surface area (Å²) in [6.45, 7) is 2.15. The van der Waals surface area contributed by atoms with Gasteiger partial charge in [0.05, 0.1) is 0 Å². The molecule has 1 atom stereocenters. The molecule has 92 valence electrons. The monoisotopic (exact) mass is 233 g/mol. The number of hydrogen-bond donors (Lipinski definition) is 2. The molecule has 3 nitrogen and oxygen atoms in total. The fourth-order valence-electron chi connectivity index (χ4n) is 2.05. The van der Waals surface area contributed by atoms with Crippen molar-refractivity contribution in [3.63, 3.8) is 0 Å². The van der Waals surface area contributed by atoms with E-state index in [-0.39, 0.29) is 0 Å². The third-order valence-electron chi connectivity index (χ3n) is 3.17. The van der Waals surface area contributed by atoms with Gasteiger partial charge in [0.1, 0.15) is 6.04 Å². The van der Waals surface area contributed by atoms with Gasteiger partial charge in [0.25, 0.3) is 0 Å². The number of carbonyl (C=O) groups is 1. The van der Waals surface area contributed by atoms with E-state index in [0.29, 0.717) is 5.92 Å². The molecule has 3 heteroatoms. The van der Waals surface area contributed by atoms with Gasteiger partial charge in [-0.1, -0.05) is 25.5 Å². The van der Waals surface area contributed by atoms with Crippen LogP contribution in [0.15, 0.2) is 24.3 Å². The minimum absolute atomic E-state index is 0.308. The average Bonchev–Trinajstić information content (AvgIpc) is 3.12. The number of nitrogens with one attached hydrogen (secondary N) is 1. The van der Waals surface area contributed by atoms with E-state index >= 15 is 0 Å². The Hall–Kier alpha value is -1.51. The number of aryl methyl sites for hydroxylation is 1. The minimum Gasteiger partial charge on any atom is -0.480 e. The molecule has 1 unspecified atom stereocenters. The van der Waals surface area contributed by atoms with Gasteiger partial charge in [-0.2, -0.15) is 0 Å². The molecule has 1 aromatic rings. The summed E-state index contributed by atoms with van der Waals surface area (Å²) < 4.78 is 0. The van der Waals surface area contributed by atoms with Gasteiger partial charge >= 0.3 is 5.97 Å². The lowest BCUT2D eigenvalue weighted by Gasteiger charge is -2.15. The fraction of sp³-hybridized carbons (Fsp3) is 0.500. The van der Waals surface area contributed by atoms with Crippen LogP contribution in [0.2, 0.25) is 0 Å². The second kappa shape index (κ2) is 5.21. The molecule has 2 rings (SSSR count). The Bertz CT molecular complexity index is 382. The lowest BCUT2D eigenvalue weighted by atomic mass is 10.1. The van der Waals surface area contributed by atoms with Crippen molar-refractivity contribution in [1.82, 2.24) is 0 Å². The lowest BCUT2D eigenvalue weighted by molar-refractivity contribution is -0.138. The van der Waals surface area contributed by atoms with Gasteiger partial charge in [0, 0.05) is 5.69 Å². The molecule has 1 saturated carbocycles. The van der Waals surface area contributed by atoms with E-state index in [0.717, 1.165) is 31.4 Å². The summed E-state index contributed by atoms with van der Waals surface area (Å²) in [6, 6.07) is 7.66. The van der Waals surface area contributed by atoms with Crippen molar-refractivity contribution in [2.45, 2.75) is 38.6 Å². The highest BCUT2D eigenvalue weighted by molar-refractivity contribution is 5.78. The Labute approximate surface area is 102 Å². The van der Waals surface area contributed by atoms with Crippen molar-refractivity contribution in [3.05, 3.63) is 29.8 Å². The van der Waals surface area contributed by atoms with Crippen LogP contribution in [0.3, 0.4) is 0 Å². The Morgan fingerprint density at radius 2 is 2.06 bits per heavy atom. The van der Waals surface area contributed by atoms with Crippen molar-refractivity contribution in [2.24, 2.45) is 5.92 Å². The first-order chi connectivity index (χ1) is 8.20. The first-order valence-corrected chi connectivity index (χ1v) is 6.29. The Kier molecular flexibility index (Phi) is 3.67. The van der Waals surface area contributed by atoms with Crippen molar-refractivity contribution < 1.29 is 9.90 Å². The van der Waals surface area contributed by atoms with E-state index in [1.165, 1.54) is 5.56 Å². The van der Waals surface area contributed by atoms with Crippen molar-refractivity contribution in [1.29, 1.82) is 0 Å². The van der Waals surface area contributed by atoms with Crippen molar-refractivity contribution in [2.75, 3.05) is 5.32 Å². The van der Waals surface area contributed by atoms with Gasteiger partial charge < -0.3 is 10.4 Å². The zero-order chi connectivity index (χ0) is 12.3. The van der Waals surface area contributed by atoms with Crippen LogP contribution in [0.4, 0.5) is 5.69 Å². The third kappa shape index (κ3) is 3.22. The summed E-state index contributed by atoms with van der Waals surface area (Å²) in [5.41, 5.74) is 2.21. The Morgan fingerprint density at radius 3 is 2.53 bits per heavy atom. The quantitative estimate of drug-likeness (QED) is 0.794. The molecular formula is C14H19NO2. The molecular weight excluding hydrogens is 214 g/mol. The molecule has 1 aliphatic rings. The summed E-state index contributed by atoms with van der Waals surface area (Å²) in [6.07, 6.45) is 4.26. The van der Waals surface area contributed by atoms with Crippen LogP contribution < -0.4 is 5.32 Å². The number of anilines is 1. The van der Waals surface area contributed by atoms with E-state index in [9.17, 15) is 4.79 Å². The van der Waals surface area contributed by atoms with E-state index in [1.807, 2.05) is 12.1 Å². The van der Waals surface area contributed by atoms with Crippen LogP contribution in [0.1, 0.15) is 31.7 Å². The van der Waals surface area contributed by atoms with E-state index in [4.69, 9.17) is 5.11 Å². The molecule has 1 aliphatic carbocycles. The smallest absolute Gasteiger partial charge is 0.326 e. The summed E-state index contributed by atoms with van der Waals surface area (Å²) in [4.78, 5) is 11.1. The van der Waals surface area contributed by atoms with Gasteiger partial charge in [-0.25, -0.2) is 4.79 Å². The largest absolute Gasteiger partial charge is 0.480 e. The Balaban J connectivity index is 1.99. The zero-order valence-corrected chi connectivity index (χ0v) is 10.1. The molecule has 0 spiro atoms. The van der Waals surface area contributed by atoms with Gasteiger partial charge in [0.2, 0.25) is 0 Å². The highest BCUT2D eigenvalue weighted by Gasteiger charge is 2.36. The second-order valence-electron chi connectivity index (χ2n) is 4.74. The second-order valence-corrected chi connectivity index (χ2v) is 4.74. The summed E-state index contributed by atoms with van der Waals surface area (Å²) in [5, 5.41) is 12.2. The Morgan fingerprint density at radius 1 is 1.41 bits per heavy atom. The minimum atomic E-state index is -0.745. The predicted molar refractivity (Wildman–Crippen MR) is 68.2 cm³/mol. The van der Waals surface area contributed by atoms with Gasteiger partial charge in [-0.15, -0.1) is 0 Å². The summed E-state index contributed by atoms with van der Waals surface area (Å²) in [5.74, 6) is -0.437. The number of carboxylic acid groups (broad SMARTS) is 1. The number of benzene rings is 1. The topological polar surface area (TPSA) is 49.3 Å². The first-order valence-electron chi connectivity index (χ1n) is 6.29. The van der Waals surface area contributed by atoms with Crippen molar-refractivity contribution >= 4 is 11.7 Å². The number of rotatable bonds is 6. The SMILES string of the molecule is CCCc1ccc(NC(C(=O)O)C2CC2)cc1. The van der Waals surface area contributed by atoms with Crippen LogP contribution in [0.25, 0.3) is 0 Å². The highest BCUT2D eigenvalue weighted by Crippen LogP contribution is 2.34. The van der Waals surface area contributed by atoms with Gasteiger partial charge in [-0.3, -0.25) is 0 Å². The van der Waals surface area contributed by atoms with Crippen LogP contribution in [-0.4, -0.2) is 17.1 Å². The molecule has 0 aromatic heterocycles. The molecule has 1 fully saturated rings. The highest BCUT2D eigenvalue weighted by atomic mass is 16.4. The van der Waals surface area contributed by atoms with Gasteiger partial charge in [-0.05, 0) is 42.9 Å². The molecule has 0 amide bonds. The van der Waals surface area contributed by atoms with Gasteiger partial charge in [0.15, 0.2) is 0 Å². The maximum Gasteiger partial charge on any atom is 0.326 e.